The second-order valence-corrected chi connectivity index (χ2v) is 4.71. The van der Waals surface area contributed by atoms with Crippen LogP contribution in [-0.4, -0.2) is 30.3 Å². The number of rotatable bonds is 4. The van der Waals surface area contributed by atoms with E-state index < -0.39 is 0 Å². The van der Waals surface area contributed by atoms with E-state index in [4.69, 9.17) is 9.47 Å². The van der Waals surface area contributed by atoms with Crippen molar-refractivity contribution < 1.29 is 19.1 Å². The minimum absolute atomic E-state index is 0.153. The smallest absolute Gasteiger partial charge is 0.240 e. The van der Waals surface area contributed by atoms with Gasteiger partial charge in [-0.15, -0.1) is 0 Å². The Bertz CT molecular complexity index is 473. The summed E-state index contributed by atoms with van der Waals surface area (Å²) in [6.07, 6.45) is 0.582. The molecular formula is C12H13NO4S. The molecule has 1 fully saturated rings. The van der Waals surface area contributed by atoms with E-state index in [0.29, 0.717) is 24.3 Å². The van der Waals surface area contributed by atoms with Gasteiger partial charge in [-0.25, -0.2) is 4.31 Å². The van der Waals surface area contributed by atoms with E-state index in [1.165, 1.54) is 4.31 Å². The highest BCUT2D eigenvalue weighted by Gasteiger charge is 2.30. The quantitative estimate of drug-likeness (QED) is 0.615. The van der Waals surface area contributed by atoms with Crippen molar-refractivity contribution in [2.75, 3.05) is 14.2 Å². The first kappa shape index (κ1) is 12.8. The summed E-state index contributed by atoms with van der Waals surface area (Å²) < 4.78 is 11.5. The third-order valence-corrected chi connectivity index (χ3v) is 3.61. The summed E-state index contributed by atoms with van der Waals surface area (Å²) in [5, 5.41) is 0. The fourth-order valence-corrected chi connectivity index (χ4v) is 2.52. The number of carbonyl (C=O) groups excluding carboxylic acids is 2. The minimum atomic E-state index is -0.153. The van der Waals surface area contributed by atoms with E-state index in [-0.39, 0.29) is 11.8 Å². The van der Waals surface area contributed by atoms with Crippen LogP contribution in [0.15, 0.2) is 23.1 Å². The molecule has 0 saturated carbocycles. The molecule has 0 radical (unpaired) electrons. The molecule has 2 amide bonds. The number of imide groups is 1. The standard InChI is InChI=1S/C12H13NO4S/c1-16-9-4-3-8(7-10(9)17-2)18-13-11(14)5-6-12(13)15/h3-4,7H,5-6H2,1-2H3. The van der Waals surface area contributed by atoms with Gasteiger partial charge in [-0.1, -0.05) is 0 Å². The summed E-state index contributed by atoms with van der Waals surface area (Å²) in [6.45, 7) is 0. The average molecular weight is 267 g/mol. The van der Waals surface area contributed by atoms with Crippen molar-refractivity contribution in [1.82, 2.24) is 4.31 Å². The molecule has 1 aliphatic heterocycles. The molecule has 5 nitrogen and oxygen atoms in total. The zero-order chi connectivity index (χ0) is 13.1. The van der Waals surface area contributed by atoms with Crippen LogP contribution in [0, 0.1) is 0 Å². The normalized spacial score (nSPS) is 15.1. The summed E-state index contributed by atoms with van der Waals surface area (Å²) in [7, 11) is 3.09. The number of hydrogen-bond acceptors (Lipinski definition) is 5. The van der Waals surface area contributed by atoms with E-state index in [2.05, 4.69) is 0 Å². The Labute approximate surface area is 109 Å². The van der Waals surface area contributed by atoms with Crippen LogP contribution in [-0.2, 0) is 9.59 Å². The zero-order valence-corrected chi connectivity index (χ0v) is 11.0. The predicted octanol–water partition coefficient (Wildman–Crippen LogP) is 1.86. The monoisotopic (exact) mass is 267 g/mol. The lowest BCUT2D eigenvalue weighted by atomic mass is 10.3. The molecule has 1 aromatic carbocycles. The summed E-state index contributed by atoms with van der Waals surface area (Å²) in [5.41, 5.74) is 0. The van der Waals surface area contributed by atoms with Crippen LogP contribution in [0.1, 0.15) is 12.8 Å². The molecule has 96 valence electrons. The van der Waals surface area contributed by atoms with E-state index in [0.717, 1.165) is 16.8 Å². The molecule has 2 rings (SSSR count). The fourth-order valence-electron chi connectivity index (χ4n) is 1.64. The number of carbonyl (C=O) groups is 2. The molecule has 1 aromatic rings. The van der Waals surface area contributed by atoms with Gasteiger partial charge in [-0.2, -0.15) is 0 Å². The van der Waals surface area contributed by atoms with Crippen LogP contribution in [0.4, 0.5) is 0 Å². The van der Waals surface area contributed by atoms with Crippen LogP contribution in [0.5, 0.6) is 11.5 Å². The molecule has 0 aliphatic carbocycles. The highest BCUT2D eigenvalue weighted by atomic mass is 32.2. The number of benzene rings is 1. The Hall–Kier alpha value is -1.69. The van der Waals surface area contributed by atoms with E-state index in [1.54, 1.807) is 32.4 Å². The molecule has 1 heterocycles. The molecule has 1 aliphatic rings. The Morgan fingerprint density at radius 1 is 1.06 bits per heavy atom. The largest absolute Gasteiger partial charge is 0.493 e. The molecule has 0 N–H and O–H groups in total. The van der Waals surface area contributed by atoms with Crippen molar-refractivity contribution in [3.8, 4) is 11.5 Å². The van der Waals surface area contributed by atoms with Gasteiger partial charge >= 0.3 is 0 Å². The third-order valence-electron chi connectivity index (χ3n) is 2.56. The predicted molar refractivity (Wildman–Crippen MR) is 66.5 cm³/mol. The lowest BCUT2D eigenvalue weighted by Crippen LogP contribution is -2.20. The van der Waals surface area contributed by atoms with E-state index in [1.807, 2.05) is 0 Å². The maximum atomic E-state index is 11.5. The Balaban J connectivity index is 2.19. The number of nitrogens with zero attached hydrogens (tertiary/aromatic N) is 1. The number of methoxy groups -OCH3 is 2. The van der Waals surface area contributed by atoms with Crippen molar-refractivity contribution in [3.05, 3.63) is 18.2 Å². The Morgan fingerprint density at radius 3 is 2.22 bits per heavy atom. The van der Waals surface area contributed by atoms with Crippen LogP contribution in [0.2, 0.25) is 0 Å². The van der Waals surface area contributed by atoms with Crippen molar-refractivity contribution in [3.63, 3.8) is 0 Å². The van der Waals surface area contributed by atoms with Gasteiger partial charge in [0.1, 0.15) is 0 Å². The number of ether oxygens (including phenoxy) is 2. The second kappa shape index (κ2) is 5.30. The molecule has 0 spiro atoms. The Kier molecular flexibility index (Phi) is 3.76. The van der Waals surface area contributed by atoms with Gasteiger partial charge in [-0.05, 0) is 30.1 Å². The molecule has 0 aromatic heterocycles. The van der Waals surface area contributed by atoms with Crippen LogP contribution >= 0.6 is 11.9 Å². The molecule has 0 atom stereocenters. The summed E-state index contributed by atoms with van der Waals surface area (Å²) >= 11 is 1.11. The molecule has 6 heteroatoms. The zero-order valence-electron chi connectivity index (χ0n) is 10.1. The fraction of sp³-hybridized carbons (Fsp3) is 0.333. The lowest BCUT2D eigenvalue weighted by Gasteiger charge is -2.13. The maximum absolute atomic E-state index is 11.5. The number of hydrogen-bond donors (Lipinski definition) is 0. The van der Waals surface area contributed by atoms with Gasteiger partial charge in [0.2, 0.25) is 11.8 Å². The first-order valence-corrected chi connectivity index (χ1v) is 6.19. The topological polar surface area (TPSA) is 55.8 Å². The summed E-state index contributed by atoms with van der Waals surface area (Å²) in [5.74, 6) is 0.877. The lowest BCUT2D eigenvalue weighted by molar-refractivity contribution is -0.131. The van der Waals surface area contributed by atoms with Crippen molar-refractivity contribution in [2.24, 2.45) is 0 Å². The summed E-state index contributed by atoms with van der Waals surface area (Å²) in [6, 6.07) is 5.26. The third kappa shape index (κ3) is 2.43. The first-order valence-electron chi connectivity index (χ1n) is 5.41. The first-order chi connectivity index (χ1) is 8.65. The van der Waals surface area contributed by atoms with Crippen molar-refractivity contribution >= 4 is 23.8 Å². The second-order valence-electron chi connectivity index (χ2n) is 3.69. The van der Waals surface area contributed by atoms with Crippen LogP contribution in [0.3, 0.4) is 0 Å². The van der Waals surface area contributed by atoms with Crippen molar-refractivity contribution in [2.45, 2.75) is 17.7 Å². The van der Waals surface area contributed by atoms with Crippen LogP contribution < -0.4 is 9.47 Å². The molecule has 1 saturated heterocycles. The number of amides is 2. The summed E-state index contributed by atoms with van der Waals surface area (Å²) in [4.78, 5) is 23.8. The molecule has 0 unspecified atom stereocenters. The highest BCUT2D eigenvalue weighted by Crippen LogP contribution is 2.35. The molecular weight excluding hydrogens is 254 g/mol. The van der Waals surface area contributed by atoms with Gasteiger partial charge in [0.25, 0.3) is 0 Å². The van der Waals surface area contributed by atoms with Gasteiger partial charge in [0.05, 0.1) is 14.2 Å². The SMILES string of the molecule is COc1ccc(SN2C(=O)CCC2=O)cc1OC. The van der Waals surface area contributed by atoms with E-state index >= 15 is 0 Å². The Morgan fingerprint density at radius 2 is 1.67 bits per heavy atom. The van der Waals surface area contributed by atoms with Gasteiger partial charge in [0, 0.05) is 17.7 Å². The average Bonchev–Trinajstić information content (AvgIpc) is 2.70. The molecule has 18 heavy (non-hydrogen) atoms. The van der Waals surface area contributed by atoms with Gasteiger partial charge < -0.3 is 9.47 Å². The van der Waals surface area contributed by atoms with Gasteiger partial charge in [-0.3, -0.25) is 9.59 Å². The van der Waals surface area contributed by atoms with Crippen molar-refractivity contribution in [1.29, 1.82) is 0 Å². The maximum Gasteiger partial charge on any atom is 0.240 e. The highest BCUT2D eigenvalue weighted by molar-refractivity contribution is 7.98. The van der Waals surface area contributed by atoms with Crippen LogP contribution in [0.25, 0.3) is 0 Å². The molecule has 0 bridgehead atoms. The van der Waals surface area contributed by atoms with Gasteiger partial charge in [0.15, 0.2) is 11.5 Å². The minimum Gasteiger partial charge on any atom is -0.493 e. The van der Waals surface area contributed by atoms with E-state index in [9.17, 15) is 9.59 Å².